The average Bonchev–Trinajstić information content (AvgIpc) is 2.21. The van der Waals surface area contributed by atoms with Crippen LogP contribution in [0.1, 0.15) is 52.9 Å². The highest BCUT2D eigenvalue weighted by molar-refractivity contribution is 5.08. The molecule has 4 aliphatic carbocycles. The van der Waals surface area contributed by atoms with Crippen LogP contribution in [0.5, 0.6) is 0 Å². The van der Waals surface area contributed by atoms with E-state index in [4.69, 9.17) is 0 Å². The normalized spacial score (nSPS) is 62.3. The van der Waals surface area contributed by atoms with E-state index in [-0.39, 0.29) is 0 Å². The summed E-state index contributed by atoms with van der Waals surface area (Å²) in [4.78, 5) is 0. The molecule has 17 heavy (non-hydrogen) atoms. The summed E-state index contributed by atoms with van der Waals surface area (Å²) in [6.07, 6.45) is 5.37. The number of fused-ring (bicyclic) bond motifs is 2. The molecule has 98 valence electrons. The standard InChI is InChI=1S/C15H26O2/c1-9-4-10-6-13-8-12(14(10,2)16)7-11(5-9)15(13,3)17/h9-13,16-17H,4-8H2,1-3H3/t10-,11-,12+,13+,14-,15-/m0/s1. The second-order valence-electron chi connectivity index (χ2n) is 7.52. The Bertz CT molecular complexity index is 291. The van der Waals surface area contributed by atoms with Gasteiger partial charge in [-0.2, -0.15) is 0 Å². The first kappa shape index (κ1) is 12.0. The van der Waals surface area contributed by atoms with Gasteiger partial charge in [0.05, 0.1) is 11.2 Å². The Balaban J connectivity index is 2.00. The highest BCUT2D eigenvalue weighted by Gasteiger charge is 2.57. The molecule has 2 N–H and O–H groups in total. The molecule has 0 aromatic heterocycles. The minimum atomic E-state index is -0.486. The molecule has 0 aromatic rings. The first-order valence-electron chi connectivity index (χ1n) is 7.26. The van der Waals surface area contributed by atoms with E-state index in [2.05, 4.69) is 6.92 Å². The fourth-order valence-electron chi connectivity index (χ4n) is 5.06. The third kappa shape index (κ3) is 1.60. The molecule has 0 unspecified atom stereocenters. The molecule has 0 radical (unpaired) electrons. The largest absolute Gasteiger partial charge is 0.390 e. The molecule has 0 aliphatic heterocycles. The van der Waals surface area contributed by atoms with Crippen LogP contribution in [0, 0.1) is 29.6 Å². The lowest BCUT2D eigenvalue weighted by Gasteiger charge is -2.59. The van der Waals surface area contributed by atoms with Gasteiger partial charge in [0.1, 0.15) is 0 Å². The number of aliphatic hydroxyl groups is 2. The van der Waals surface area contributed by atoms with Crippen molar-refractivity contribution < 1.29 is 10.2 Å². The van der Waals surface area contributed by atoms with E-state index in [1.807, 2.05) is 13.8 Å². The SMILES string of the molecule is CC1C[C@H]2C[C@@H]3C[C@@H](C[C@H](C1)[C@]3(C)O)[C@@]2(C)O. The Morgan fingerprint density at radius 2 is 1.00 bits per heavy atom. The van der Waals surface area contributed by atoms with Crippen LogP contribution in [0.2, 0.25) is 0 Å². The maximum atomic E-state index is 10.8. The maximum absolute atomic E-state index is 10.8. The zero-order valence-electron chi connectivity index (χ0n) is 11.3. The van der Waals surface area contributed by atoms with E-state index >= 15 is 0 Å². The van der Waals surface area contributed by atoms with Crippen LogP contribution in [0.3, 0.4) is 0 Å². The van der Waals surface area contributed by atoms with Crippen molar-refractivity contribution >= 4 is 0 Å². The lowest BCUT2D eigenvalue weighted by atomic mass is 9.49. The van der Waals surface area contributed by atoms with Crippen molar-refractivity contribution in [3.8, 4) is 0 Å². The summed E-state index contributed by atoms with van der Waals surface area (Å²) >= 11 is 0. The third-order valence-electron chi connectivity index (χ3n) is 6.39. The molecule has 0 spiro atoms. The number of rotatable bonds is 0. The smallest absolute Gasteiger partial charge is 0.0676 e. The lowest BCUT2D eigenvalue weighted by Crippen LogP contribution is -2.61. The van der Waals surface area contributed by atoms with Gasteiger partial charge in [0.25, 0.3) is 0 Å². The third-order valence-corrected chi connectivity index (χ3v) is 6.39. The van der Waals surface area contributed by atoms with E-state index in [9.17, 15) is 10.2 Å². The molecule has 4 fully saturated rings. The zero-order valence-corrected chi connectivity index (χ0v) is 11.3. The molecule has 2 heteroatoms. The van der Waals surface area contributed by atoms with Crippen molar-refractivity contribution in [3.05, 3.63) is 0 Å². The Morgan fingerprint density at radius 1 is 0.706 bits per heavy atom. The van der Waals surface area contributed by atoms with E-state index in [1.54, 1.807) is 0 Å². The molecular weight excluding hydrogens is 212 g/mol. The van der Waals surface area contributed by atoms with Gasteiger partial charge in [-0.15, -0.1) is 0 Å². The van der Waals surface area contributed by atoms with Crippen molar-refractivity contribution in [2.75, 3.05) is 0 Å². The molecule has 0 saturated heterocycles. The number of hydrogen-bond donors (Lipinski definition) is 2. The van der Waals surface area contributed by atoms with Gasteiger partial charge >= 0.3 is 0 Å². The average molecular weight is 238 g/mol. The highest BCUT2D eigenvalue weighted by atomic mass is 16.3. The minimum Gasteiger partial charge on any atom is -0.390 e. The summed E-state index contributed by atoms with van der Waals surface area (Å²) in [5, 5.41) is 21.6. The van der Waals surface area contributed by atoms with Crippen molar-refractivity contribution in [2.45, 2.75) is 64.1 Å². The van der Waals surface area contributed by atoms with Crippen LogP contribution in [0.25, 0.3) is 0 Å². The van der Waals surface area contributed by atoms with Gasteiger partial charge in [-0.3, -0.25) is 0 Å². The highest BCUT2D eigenvalue weighted by Crippen LogP contribution is 2.58. The summed E-state index contributed by atoms with van der Waals surface area (Å²) in [6.45, 7) is 6.38. The molecule has 4 bridgehead atoms. The van der Waals surface area contributed by atoms with E-state index in [0.717, 1.165) is 32.1 Å². The molecule has 4 rings (SSSR count). The molecule has 2 nitrogen and oxygen atoms in total. The fraction of sp³-hybridized carbons (Fsp3) is 1.00. The van der Waals surface area contributed by atoms with Gasteiger partial charge in [0, 0.05) is 0 Å². The van der Waals surface area contributed by atoms with E-state index in [1.165, 1.54) is 0 Å². The minimum absolute atomic E-state index is 0.397. The zero-order chi connectivity index (χ0) is 12.4. The Hall–Kier alpha value is -0.0800. The van der Waals surface area contributed by atoms with Crippen molar-refractivity contribution in [2.24, 2.45) is 29.6 Å². The van der Waals surface area contributed by atoms with Crippen LogP contribution in [0.4, 0.5) is 0 Å². The monoisotopic (exact) mass is 238 g/mol. The number of hydrogen-bond acceptors (Lipinski definition) is 2. The van der Waals surface area contributed by atoms with Gasteiger partial charge in [0.2, 0.25) is 0 Å². The predicted octanol–water partition coefficient (Wildman–Crippen LogP) is 2.58. The molecule has 0 heterocycles. The van der Waals surface area contributed by atoms with Crippen molar-refractivity contribution in [1.82, 2.24) is 0 Å². The quantitative estimate of drug-likeness (QED) is 0.681. The van der Waals surface area contributed by atoms with Gasteiger partial charge < -0.3 is 10.2 Å². The van der Waals surface area contributed by atoms with Gasteiger partial charge in [0.15, 0.2) is 0 Å². The van der Waals surface area contributed by atoms with Crippen LogP contribution < -0.4 is 0 Å². The maximum Gasteiger partial charge on any atom is 0.0676 e. The molecule has 6 atom stereocenters. The molecule has 0 aromatic carbocycles. The van der Waals surface area contributed by atoms with Crippen LogP contribution in [-0.2, 0) is 0 Å². The molecule has 0 amide bonds. The Morgan fingerprint density at radius 3 is 1.35 bits per heavy atom. The summed E-state index contributed by atoms with van der Waals surface area (Å²) in [6, 6.07) is 0. The summed E-state index contributed by atoms with van der Waals surface area (Å²) < 4.78 is 0. The Kier molecular flexibility index (Phi) is 2.45. The van der Waals surface area contributed by atoms with Gasteiger partial charge in [-0.25, -0.2) is 0 Å². The van der Waals surface area contributed by atoms with Gasteiger partial charge in [-0.1, -0.05) is 6.92 Å². The first-order valence-corrected chi connectivity index (χ1v) is 7.26. The molecule has 4 saturated carbocycles. The molecule has 4 aliphatic rings. The molecular formula is C15H26O2. The Labute approximate surface area is 104 Å². The lowest BCUT2D eigenvalue weighted by molar-refractivity contribution is -0.204. The predicted molar refractivity (Wildman–Crippen MR) is 67.5 cm³/mol. The van der Waals surface area contributed by atoms with Crippen LogP contribution in [-0.4, -0.2) is 21.4 Å². The van der Waals surface area contributed by atoms with Crippen LogP contribution in [0.15, 0.2) is 0 Å². The summed E-state index contributed by atoms with van der Waals surface area (Å²) in [5.74, 6) is 2.28. The van der Waals surface area contributed by atoms with Crippen LogP contribution >= 0.6 is 0 Å². The van der Waals surface area contributed by atoms with E-state index < -0.39 is 11.2 Å². The van der Waals surface area contributed by atoms with Crippen molar-refractivity contribution in [1.29, 1.82) is 0 Å². The van der Waals surface area contributed by atoms with Gasteiger partial charge in [-0.05, 0) is 75.5 Å². The summed E-state index contributed by atoms with van der Waals surface area (Å²) in [7, 11) is 0. The fourth-order valence-corrected chi connectivity index (χ4v) is 5.06. The van der Waals surface area contributed by atoms with E-state index in [0.29, 0.717) is 29.6 Å². The second kappa shape index (κ2) is 3.48. The summed E-state index contributed by atoms with van der Waals surface area (Å²) in [5.41, 5.74) is -0.972. The van der Waals surface area contributed by atoms with Crippen molar-refractivity contribution in [3.63, 3.8) is 0 Å². The second-order valence-corrected chi connectivity index (χ2v) is 7.52. The first-order chi connectivity index (χ1) is 7.81. The topological polar surface area (TPSA) is 40.5 Å².